The average Bonchev–Trinajstić information content (AvgIpc) is 2.48. The summed E-state index contributed by atoms with van der Waals surface area (Å²) in [5.41, 5.74) is 0.380. The van der Waals surface area contributed by atoms with Gasteiger partial charge in [0.05, 0.1) is 0 Å². The van der Waals surface area contributed by atoms with Crippen LogP contribution in [0.2, 0.25) is 0 Å². The third-order valence-corrected chi connectivity index (χ3v) is 3.49. The first-order valence-electron chi connectivity index (χ1n) is 5.72. The Kier molecular flexibility index (Phi) is 4.35. The van der Waals surface area contributed by atoms with Crippen molar-refractivity contribution in [2.24, 2.45) is 5.41 Å². The van der Waals surface area contributed by atoms with Crippen molar-refractivity contribution in [2.45, 2.75) is 47.1 Å². The van der Waals surface area contributed by atoms with Gasteiger partial charge < -0.3 is 5.32 Å². The molecular formula is C13H23NS. The Morgan fingerprint density at radius 2 is 2.00 bits per heavy atom. The molecule has 0 aliphatic carbocycles. The molecular weight excluding hydrogens is 202 g/mol. The van der Waals surface area contributed by atoms with Gasteiger partial charge in [-0.05, 0) is 37.4 Å². The standard InChI is InChI=1S/C13H23NS/c1-6-14-11(9-13(3,4)5)12-8-7-10(2)15-12/h7-8,11,14H,6,9H2,1-5H3. The monoisotopic (exact) mass is 225 g/mol. The minimum absolute atomic E-state index is 0.380. The molecule has 1 atom stereocenters. The van der Waals surface area contributed by atoms with Crippen molar-refractivity contribution in [1.29, 1.82) is 0 Å². The quantitative estimate of drug-likeness (QED) is 0.812. The molecule has 0 aliphatic heterocycles. The number of thiophene rings is 1. The zero-order valence-electron chi connectivity index (χ0n) is 10.6. The van der Waals surface area contributed by atoms with Crippen LogP contribution in [0, 0.1) is 12.3 Å². The summed E-state index contributed by atoms with van der Waals surface area (Å²) in [6.45, 7) is 12.3. The van der Waals surface area contributed by atoms with Gasteiger partial charge in [0.1, 0.15) is 0 Å². The number of aryl methyl sites for hydroxylation is 1. The molecule has 86 valence electrons. The SMILES string of the molecule is CCNC(CC(C)(C)C)c1ccc(C)s1. The summed E-state index contributed by atoms with van der Waals surface area (Å²) >= 11 is 1.91. The van der Waals surface area contributed by atoms with Gasteiger partial charge in [-0.15, -0.1) is 11.3 Å². The van der Waals surface area contributed by atoms with Gasteiger partial charge in [-0.2, -0.15) is 0 Å². The third kappa shape index (κ3) is 4.35. The van der Waals surface area contributed by atoms with Gasteiger partial charge in [0.15, 0.2) is 0 Å². The second kappa shape index (κ2) is 5.13. The van der Waals surface area contributed by atoms with E-state index in [1.807, 2.05) is 11.3 Å². The molecule has 0 fully saturated rings. The Hall–Kier alpha value is -0.340. The first-order chi connectivity index (χ1) is 6.92. The molecule has 0 saturated carbocycles. The highest BCUT2D eigenvalue weighted by molar-refractivity contribution is 7.12. The molecule has 0 aliphatic rings. The molecule has 2 heteroatoms. The maximum Gasteiger partial charge on any atom is 0.0419 e. The molecule has 1 rings (SSSR count). The van der Waals surface area contributed by atoms with E-state index in [2.05, 4.69) is 52.1 Å². The second-order valence-corrected chi connectivity index (χ2v) is 6.64. The summed E-state index contributed by atoms with van der Waals surface area (Å²) in [4.78, 5) is 2.88. The van der Waals surface area contributed by atoms with Gasteiger partial charge in [0.2, 0.25) is 0 Å². The topological polar surface area (TPSA) is 12.0 Å². The smallest absolute Gasteiger partial charge is 0.0419 e. The Labute approximate surface area is 97.9 Å². The highest BCUT2D eigenvalue weighted by Crippen LogP contribution is 2.32. The van der Waals surface area contributed by atoms with Gasteiger partial charge in [0, 0.05) is 15.8 Å². The predicted molar refractivity (Wildman–Crippen MR) is 69.5 cm³/mol. The van der Waals surface area contributed by atoms with Crippen molar-refractivity contribution < 1.29 is 0 Å². The second-order valence-electron chi connectivity index (χ2n) is 5.32. The molecule has 1 nitrogen and oxygen atoms in total. The van der Waals surface area contributed by atoms with E-state index in [1.165, 1.54) is 16.2 Å². The van der Waals surface area contributed by atoms with E-state index in [4.69, 9.17) is 0 Å². The van der Waals surface area contributed by atoms with Crippen LogP contribution in [0.1, 0.15) is 49.9 Å². The largest absolute Gasteiger partial charge is 0.310 e. The van der Waals surface area contributed by atoms with Crippen molar-refractivity contribution in [3.8, 4) is 0 Å². The van der Waals surface area contributed by atoms with Crippen LogP contribution < -0.4 is 5.32 Å². The molecule has 1 aromatic heterocycles. The van der Waals surface area contributed by atoms with Crippen LogP contribution in [0.3, 0.4) is 0 Å². The van der Waals surface area contributed by atoms with Gasteiger partial charge in [-0.25, -0.2) is 0 Å². The fraction of sp³-hybridized carbons (Fsp3) is 0.692. The summed E-state index contributed by atoms with van der Waals surface area (Å²) < 4.78 is 0. The molecule has 0 bridgehead atoms. The summed E-state index contributed by atoms with van der Waals surface area (Å²) in [6, 6.07) is 5.00. The number of hydrogen-bond acceptors (Lipinski definition) is 2. The van der Waals surface area contributed by atoms with Gasteiger partial charge in [0.25, 0.3) is 0 Å². The van der Waals surface area contributed by atoms with E-state index in [-0.39, 0.29) is 0 Å². The highest BCUT2D eigenvalue weighted by Gasteiger charge is 2.20. The highest BCUT2D eigenvalue weighted by atomic mass is 32.1. The molecule has 1 aromatic rings. The third-order valence-electron chi connectivity index (χ3n) is 2.37. The Bertz CT molecular complexity index is 296. The molecule has 1 heterocycles. The number of nitrogens with one attached hydrogen (secondary N) is 1. The zero-order valence-corrected chi connectivity index (χ0v) is 11.4. The van der Waals surface area contributed by atoms with E-state index in [0.717, 1.165) is 6.54 Å². The summed E-state index contributed by atoms with van der Waals surface area (Å²) in [5, 5.41) is 3.58. The van der Waals surface area contributed by atoms with Crippen molar-refractivity contribution in [2.75, 3.05) is 6.54 Å². The summed E-state index contributed by atoms with van der Waals surface area (Å²) in [7, 11) is 0. The first-order valence-corrected chi connectivity index (χ1v) is 6.54. The Balaban J connectivity index is 2.74. The molecule has 1 unspecified atom stereocenters. The molecule has 0 radical (unpaired) electrons. The molecule has 0 saturated heterocycles. The molecule has 0 amide bonds. The summed E-state index contributed by atoms with van der Waals surface area (Å²) in [6.07, 6.45) is 1.20. The zero-order chi connectivity index (χ0) is 11.5. The maximum atomic E-state index is 3.58. The first kappa shape index (κ1) is 12.7. The van der Waals surface area contributed by atoms with Crippen molar-refractivity contribution in [3.63, 3.8) is 0 Å². The van der Waals surface area contributed by atoms with Gasteiger partial charge in [-0.1, -0.05) is 27.7 Å². The lowest BCUT2D eigenvalue weighted by Gasteiger charge is -2.25. The van der Waals surface area contributed by atoms with Crippen LogP contribution in [-0.2, 0) is 0 Å². The Morgan fingerprint density at radius 3 is 2.40 bits per heavy atom. The molecule has 15 heavy (non-hydrogen) atoms. The fourth-order valence-electron chi connectivity index (χ4n) is 1.77. The maximum absolute atomic E-state index is 3.58. The number of rotatable bonds is 4. The lowest BCUT2D eigenvalue weighted by atomic mass is 9.87. The minimum Gasteiger partial charge on any atom is -0.310 e. The Morgan fingerprint density at radius 1 is 1.33 bits per heavy atom. The molecule has 0 aromatic carbocycles. The van der Waals surface area contributed by atoms with E-state index < -0.39 is 0 Å². The van der Waals surface area contributed by atoms with E-state index >= 15 is 0 Å². The fourth-order valence-corrected chi connectivity index (χ4v) is 2.73. The predicted octanol–water partition coefficient (Wildman–Crippen LogP) is 4.14. The van der Waals surface area contributed by atoms with Gasteiger partial charge >= 0.3 is 0 Å². The average molecular weight is 225 g/mol. The lowest BCUT2D eigenvalue weighted by molar-refractivity contribution is 0.316. The van der Waals surface area contributed by atoms with Crippen molar-refractivity contribution >= 4 is 11.3 Å². The van der Waals surface area contributed by atoms with E-state index in [9.17, 15) is 0 Å². The van der Waals surface area contributed by atoms with Crippen molar-refractivity contribution in [3.05, 3.63) is 21.9 Å². The van der Waals surface area contributed by atoms with Crippen LogP contribution >= 0.6 is 11.3 Å². The molecule has 1 N–H and O–H groups in total. The number of hydrogen-bond donors (Lipinski definition) is 1. The van der Waals surface area contributed by atoms with E-state index in [0.29, 0.717) is 11.5 Å². The van der Waals surface area contributed by atoms with Gasteiger partial charge in [-0.3, -0.25) is 0 Å². The van der Waals surface area contributed by atoms with Crippen molar-refractivity contribution in [1.82, 2.24) is 5.32 Å². The van der Waals surface area contributed by atoms with Crippen LogP contribution in [0.15, 0.2) is 12.1 Å². The normalized spacial score (nSPS) is 14.2. The van der Waals surface area contributed by atoms with Crippen LogP contribution in [0.25, 0.3) is 0 Å². The van der Waals surface area contributed by atoms with Crippen LogP contribution in [0.5, 0.6) is 0 Å². The molecule has 0 spiro atoms. The lowest BCUT2D eigenvalue weighted by Crippen LogP contribution is -2.24. The van der Waals surface area contributed by atoms with Crippen LogP contribution in [-0.4, -0.2) is 6.54 Å². The summed E-state index contributed by atoms with van der Waals surface area (Å²) in [5.74, 6) is 0. The van der Waals surface area contributed by atoms with Crippen LogP contribution in [0.4, 0.5) is 0 Å². The minimum atomic E-state index is 0.380. The van der Waals surface area contributed by atoms with E-state index in [1.54, 1.807) is 0 Å².